The maximum Gasteiger partial charge on any atom is 0.313 e. The first kappa shape index (κ1) is 11.9. The molecule has 0 heterocycles. The lowest BCUT2D eigenvalue weighted by molar-refractivity contribution is -0.147. The molecule has 0 saturated heterocycles. The van der Waals surface area contributed by atoms with Crippen molar-refractivity contribution in [1.82, 2.24) is 4.90 Å². The summed E-state index contributed by atoms with van der Waals surface area (Å²) in [5, 5.41) is 0. The van der Waals surface area contributed by atoms with E-state index in [2.05, 4.69) is 11.9 Å². The molecule has 0 aromatic heterocycles. The van der Waals surface area contributed by atoms with Crippen LogP contribution in [0.5, 0.6) is 0 Å². The highest BCUT2D eigenvalue weighted by Gasteiger charge is 2.51. The van der Waals surface area contributed by atoms with Crippen LogP contribution in [0.3, 0.4) is 0 Å². The maximum absolute atomic E-state index is 11.6. The van der Waals surface area contributed by atoms with Gasteiger partial charge in [-0.25, -0.2) is 0 Å². The van der Waals surface area contributed by atoms with Crippen LogP contribution in [0.1, 0.15) is 38.5 Å². The average molecular weight is 225 g/mol. The van der Waals surface area contributed by atoms with Crippen LogP contribution in [0.4, 0.5) is 0 Å². The Morgan fingerprint density at radius 3 is 2.50 bits per heavy atom. The maximum atomic E-state index is 11.6. The lowest BCUT2D eigenvalue weighted by Crippen LogP contribution is -2.35. The Kier molecular flexibility index (Phi) is 3.53. The molecule has 0 spiro atoms. The van der Waals surface area contributed by atoms with Crippen LogP contribution in [0.25, 0.3) is 0 Å². The van der Waals surface area contributed by atoms with Gasteiger partial charge in [0.15, 0.2) is 0 Å². The van der Waals surface area contributed by atoms with Gasteiger partial charge >= 0.3 is 5.97 Å². The van der Waals surface area contributed by atoms with Gasteiger partial charge in [-0.15, -0.1) is 0 Å². The van der Waals surface area contributed by atoms with Crippen molar-refractivity contribution in [3.05, 3.63) is 0 Å². The highest BCUT2D eigenvalue weighted by atomic mass is 16.5. The summed E-state index contributed by atoms with van der Waals surface area (Å²) < 4.78 is 4.88. The van der Waals surface area contributed by atoms with E-state index in [1.807, 2.05) is 0 Å². The summed E-state index contributed by atoms with van der Waals surface area (Å²) in [6.07, 6.45) is 7.54. The minimum atomic E-state index is -0.151. The van der Waals surface area contributed by atoms with Gasteiger partial charge in [0.1, 0.15) is 0 Å². The summed E-state index contributed by atoms with van der Waals surface area (Å²) in [5.41, 5.74) is -0.151. The second-order valence-corrected chi connectivity index (χ2v) is 5.62. The van der Waals surface area contributed by atoms with Gasteiger partial charge in [-0.1, -0.05) is 12.8 Å². The van der Waals surface area contributed by atoms with Crippen LogP contribution >= 0.6 is 0 Å². The number of hydrogen-bond donors (Lipinski definition) is 0. The SMILES string of the molecule is COC(=O)C1(CN(C)CC2CCCC2)CC1. The monoisotopic (exact) mass is 225 g/mol. The van der Waals surface area contributed by atoms with Gasteiger partial charge in [0.25, 0.3) is 0 Å². The lowest BCUT2D eigenvalue weighted by Gasteiger charge is -2.24. The van der Waals surface area contributed by atoms with Crippen LogP contribution in [0.2, 0.25) is 0 Å². The minimum Gasteiger partial charge on any atom is -0.469 e. The van der Waals surface area contributed by atoms with Crippen molar-refractivity contribution in [2.45, 2.75) is 38.5 Å². The van der Waals surface area contributed by atoms with E-state index in [0.29, 0.717) is 0 Å². The number of carbonyl (C=O) groups is 1. The van der Waals surface area contributed by atoms with E-state index >= 15 is 0 Å². The summed E-state index contributed by atoms with van der Waals surface area (Å²) in [4.78, 5) is 14.0. The highest BCUT2D eigenvalue weighted by molar-refractivity contribution is 5.80. The molecule has 0 amide bonds. The second-order valence-electron chi connectivity index (χ2n) is 5.62. The Balaban J connectivity index is 1.78. The smallest absolute Gasteiger partial charge is 0.313 e. The molecule has 2 rings (SSSR count). The molecule has 0 bridgehead atoms. The molecule has 0 atom stereocenters. The summed E-state index contributed by atoms with van der Waals surface area (Å²) in [5.74, 6) is 0.851. The second kappa shape index (κ2) is 4.74. The molecule has 92 valence electrons. The van der Waals surface area contributed by atoms with E-state index in [1.54, 1.807) is 0 Å². The summed E-state index contributed by atoms with van der Waals surface area (Å²) in [6.45, 7) is 2.04. The molecule has 0 aliphatic heterocycles. The Hall–Kier alpha value is -0.570. The Bertz CT molecular complexity index is 255. The van der Waals surface area contributed by atoms with Crippen molar-refractivity contribution >= 4 is 5.97 Å². The fourth-order valence-electron chi connectivity index (χ4n) is 3.01. The van der Waals surface area contributed by atoms with E-state index in [-0.39, 0.29) is 11.4 Å². The third-order valence-corrected chi connectivity index (χ3v) is 4.09. The van der Waals surface area contributed by atoms with Crippen molar-refractivity contribution in [3.8, 4) is 0 Å². The number of methoxy groups -OCH3 is 1. The molecule has 0 aromatic rings. The lowest BCUT2D eigenvalue weighted by atomic mass is 10.0. The van der Waals surface area contributed by atoms with Crippen LogP contribution in [-0.2, 0) is 9.53 Å². The zero-order chi connectivity index (χ0) is 11.6. The average Bonchev–Trinajstić information content (AvgIpc) is 2.85. The zero-order valence-electron chi connectivity index (χ0n) is 10.5. The number of esters is 1. The first-order chi connectivity index (χ1) is 7.66. The van der Waals surface area contributed by atoms with Crippen LogP contribution < -0.4 is 0 Å². The van der Waals surface area contributed by atoms with Crippen molar-refractivity contribution in [1.29, 1.82) is 0 Å². The molecule has 3 heteroatoms. The molecule has 2 aliphatic rings. The zero-order valence-corrected chi connectivity index (χ0v) is 10.5. The van der Waals surface area contributed by atoms with E-state index in [4.69, 9.17) is 4.74 Å². The molecular weight excluding hydrogens is 202 g/mol. The van der Waals surface area contributed by atoms with Gasteiger partial charge < -0.3 is 9.64 Å². The molecular formula is C13H23NO2. The summed E-state index contributed by atoms with van der Waals surface area (Å²) >= 11 is 0. The van der Waals surface area contributed by atoms with E-state index < -0.39 is 0 Å². The van der Waals surface area contributed by atoms with E-state index in [0.717, 1.165) is 31.8 Å². The molecule has 16 heavy (non-hydrogen) atoms. The van der Waals surface area contributed by atoms with Crippen molar-refractivity contribution in [2.75, 3.05) is 27.2 Å². The van der Waals surface area contributed by atoms with Crippen LogP contribution in [0.15, 0.2) is 0 Å². The predicted octanol–water partition coefficient (Wildman–Crippen LogP) is 2.06. The first-order valence-corrected chi connectivity index (χ1v) is 6.43. The third-order valence-electron chi connectivity index (χ3n) is 4.09. The minimum absolute atomic E-state index is 0.00854. The van der Waals surface area contributed by atoms with Gasteiger partial charge in [0, 0.05) is 13.1 Å². The molecule has 2 saturated carbocycles. The van der Waals surface area contributed by atoms with Crippen molar-refractivity contribution in [3.63, 3.8) is 0 Å². The van der Waals surface area contributed by atoms with Gasteiger partial charge in [0.05, 0.1) is 12.5 Å². The van der Waals surface area contributed by atoms with E-state index in [1.165, 1.54) is 32.8 Å². The van der Waals surface area contributed by atoms with Gasteiger partial charge in [0.2, 0.25) is 0 Å². The van der Waals surface area contributed by atoms with Gasteiger partial charge in [-0.2, -0.15) is 0 Å². The summed E-state index contributed by atoms with van der Waals surface area (Å²) in [6, 6.07) is 0. The fraction of sp³-hybridized carbons (Fsp3) is 0.923. The summed E-state index contributed by atoms with van der Waals surface area (Å²) in [7, 11) is 3.64. The largest absolute Gasteiger partial charge is 0.469 e. The standard InChI is InChI=1S/C13H23NO2/c1-14(9-11-5-3-4-6-11)10-13(7-8-13)12(15)16-2/h11H,3-10H2,1-2H3. The van der Waals surface area contributed by atoms with Crippen molar-refractivity contribution in [2.24, 2.45) is 11.3 Å². The highest BCUT2D eigenvalue weighted by Crippen LogP contribution is 2.47. The normalized spacial score (nSPS) is 23.7. The molecule has 3 nitrogen and oxygen atoms in total. The quantitative estimate of drug-likeness (QED) is 0.671. The Labute approximate surface area is 98.1 Å². The number of carbonyl (C=O) groups excluding carboxylic acids is 1. The number of hydrogen-bond acceptors (Lipinski definition) is 3. The first-order valence-electron chi connectivity index (χ1n) is 6.43. The molecule has 0 unspecified atom stereocenters. The number of nitrogens with zero attached hydrogens (tertiary/aromatic N) is 1. The molecule has 0 radical (unpaired) electrons. The predicted molar refractivity (Wildman–Crippen MR) is 63.1 cm³/mol. The molecule has 2 fully saturated rings. The fourth-order valence-corrected chi connectivity index (χ4v) is 3.01. The Morgan fingerprint density at radius 1 is 1.38 bits per heavy atom. The third kappa shape index (κ3) is 2.57. The molecule has 0 N–H and O–H groups in total. The molecule has 2 aliphatic carbocycles. The number of rotatable bonds is 5. The number of ether oxygens (including phenoxy) is 1. The van der Waals surface area contributed by atoms with Crippen LogP contribution in [0, 0.1) is 11.3 Å². The Morgan fingerprint density at radius 2 is 2.00 bits per heavy atom. The van der Waals surface area contributed by atoms with Crippen LogP contribution in [-0.4, -0.2) is 38.1 Å². The molecule has 0 aromatic carbocycles. The van der Waals surface area contributed by atoms with Gasteiger partial charge in [-0.05, 0) is 38.6 Å². The van der Waals surface area contributed by atoms with E-state index in [9.17, 15) is 4.79 Å². The topological polar surface area (TPSA) is 29.5 Å². The van der Waals surface area contributed by atoms with Gasteiger partial charge in [-0.3, -0.25) is 4.79 Å². The van der Waals surface area contributed by atoms with Crippen molar-refractivity contribution < 1.29 is 9.53 Å².